The predicted molar refractivity (Wildman–Crippen MR) is 62.7 cm³/mol. The van der Waals surface area contributed by atoms with E-state index >= 15 is 0 Å². The highest BCUT2D eigenvalue weighted by atomic mass is 32.2. The van der Waals surface area contributed by atoms with Crippen molar-refractivity contribution in [3.63, 3.8) is 0 Å². The zero-order valence-electron chi connectivity index (χ0n) is 9.58. The van der Waals surface area contributed by atoms with E-state index in [0.717, 1.165) is 6.92 Å². The number of ether oxygens (including phenoxy) is 1. The van der Waals surface area contributed by atoms with Crippen LogP contribution in [-0.2, 0) is 20.4 Å². The number of aliphatic carboxylic acids is 1. The van der Waals surface area contributed by atoms with E-state index in [2.05, 4.69) is 0 Å². The molecule has 0 aliphatic heterocycles. The van der Waals surface area contributed by atoms with Crippen LogP contribution in [0.25, 0.3) is 0 Å². The Bertz CT molecular complexity index is 506. The van der Waals surface area contributed by atoms with Crippen molar-refractivity contribution in [2.75, 3.05) is 7.11 Å². The SMILES string of the molecule is COc1cccc(CS(=O)(=O)C(C)C(=O)O)c1. The van der Waals surface area contributed by atoms with Crippen molar-refractivity contribution in [3.8, 4) is 5.75 Å². The average Bonchev–Trinajstić information content (AvgIpc) is 2.27. The van der Waals surface area contributed by atoms with Gasteiger partial charge in [0.1, 0.15) is 5.75 Å². The van der Waals surface area contributed by atoms with Crippen molar-refractivity contribution >= 4 is 15.8 Å². The maximum absolute atomic E-state index is 11.7. The van der Waals surface area contributed by atoms with Gasteiger partial charge in [-0.05, 0) is 24.6 Å². The summed E-state index contributed by atoms with van der Waals surface area (Å²) in [5.41, 5.74) is 0.512. The van der Waals surface area contributed by atoms with Gasteiger partial charge in [-0.1, -0.05) is 12.1 Å². The van der Waals surface area contributed by atoms with E-state index < -0.39 is 21.1 Å². The van der Waals surface area contributed by atoms with Gasteiger partial charge >= 0.3 is 5.97 Å². The van der Waals surface area contributed by atoms with E-state index in [9.17, 15) is 13.2 Å². The van der Waals surface area contributed by atoms with Crippen LogP contribution in [0.1, 0.15) is 12.5 Å². The van der Waals surface area contributed by atoms with Gasteiger partial charge in [-0.25, -0.2) is 8.42 Å². The summed E-state index contributed by atoms with van der Waals surface area (Å²) in [7, 11) is -2.21. The maximum atomic E-state index is 11.7. The van der Waals surface area contributed by atoms with E-state index in [1.54, 1.807) is 24.3 Å². The van der Waals surface area contributed by atoms with Crippen molar-refractivity contribution in [2.45, 2.75) is 17.9 Å². The minimum Gasteiger partial charge on any atom is -0.497 e. The highest BCUT2D eigenvalue weighted by molar-refractivity contribution is 7.91. The molecule has 1 unspecified atom stereocenters. The summed E-state index contributed by atoms with van der Waals surface area (Å²) in [5, 5.41) is 7.28. The third-order valence-corrected chi connectivity index (χ3v) is 4.40. The number of carbonyl (C=O) groups is 1. The van der Waals surface area contributed by atoms with Gasteiger partial charge in [0, 0.05) is 0 Å². The van der Waals surface area contributed by atoms with Gasteiger partial charge in [-0.2, -0.15) is 0 Å². The lowest BCUT2D eigenvalue weighted by Gasteiger charge is -2.09. The third-order valence-electron chi connectivity index (χ3n) is 2.39. The van der Waals surface area contributed by atoms with E-state index in [0.29, 0.717) is 11.3 Å². The van der Waals surface area contributed by atoms with Crippen LogP contribution in [0.4, 0.5) is 0 Å². The van der Waals surface area contributed by atoms with Crippen molar-refractivity contribution in [1.82, 2.24) is 0 Å². The summed E-state index contributed by atoms with van der Waals surface area (Å²) < 4.78 is 28.4. The molecule has 0 bridgehead atoms. The zero-order valence-corrected chi connectivity index (χ0v) is 10.4. The second-order valence-corrected chi connectivity index (χ2v) is 5.96. The molecule has 0 amide bonds. The Morgan fingerprint density at radius 1 is 1.47 bits per heavy atom. The fourth-order valence-electron chi connectivity index (χ4n) is 1.27. The Morgan fingerprint density at radius 3 is 2.65 bits per heavy atom. The van der Waals surface area contributed by atoms with Crippen molar-refractivity contribution in [3.05, 3.63) is 29.8 Å². The van der Waals surface area contributed by atoms with Crippen LogP contribution in [0.3, 0.4) is 0 Å². The normalized spacial score (nSPS) is 13.1. The first-order chi connectivity index (χ1) is 7.86. The summed E-state index contributed by atoms with van der Waals surface area (Å²) in [6.07, 6.45) is 0. The quantitative estimate of drug-likeness (QED) is 0.854. The number of hydrogen-bond acceptors (Lipinski definition) is 4. The minimum absolute atomic E-state index is 0.308. The number of carboxylic acid groups (broad SMARTS) is 1. The lowest BCUT2D eigenvalue weighted by Crippen LogP contribution is -2.28. The summed E-state index contributed by atoms with van der Waals surface area (Å²) in [4.78, 5) is 10.7. The summed E-state index contributed by atoms with van der Waals surface area (Å²) in [6, 6.07) is 6.55. The molecule has 17 heavy (non-hydrogen) atoms. The second kappa shape index (κ2) is 5.18. The molecule has 6 heteroatoms. The van der Waals surface area contributed by atoms with Gasteiger partial charge in [0.25, 0.3) is 0 Å². The largest absolute Gasteiger partial charge is 0.497 e. The molecule has 1 atom stereocenters. The molecule has 1 rings (SSSR count). The Balaban J connectivity index is 2.94. The van der Waals surface area contributed by atoms with Crippen LogP contribution in [-0.4, -0.2) is 31.9 Å². The van der Waals surface area contributed by atoms with E-state index in [1.807, 2.05) is 0 Å². The minimum atomic E-state index is -3.69. The molecule has 0 aliphatic rings. The third kappa shape index (κ3) is 3.45. The number of methoxy groups -OCH3 is 1. The van der Waals surface area contributed by atoms with Gasteiger partial charge in [-0.3, -0.25) is 4.79 Å². The first kappa shape index (κ1) is 13.5. The standard InChI is InChI=1S/C11H14O5S/c1-8(11(12)13)17(14,15)7-9-4-3-5-10(6-9)16-2/h3-6,8H,7H2,1-2H3,(H,12,13). The molecule has 5 nitrogen and oxygen atoms in total. The highest BCUT2D eigenvalue weighted by Crippen LogP contribution is 2.17. The molecule has 0 aromatic heterocycles. The second-order valence-electron chi connectivity index (χ2n) is 3.64. The molecule has 0 radical (unpaired) electrons. The Hall–Kier alpha value is -1.56. The van der Waals surface area contributed by atoms with Crippen LogP contribution in [0.2, 0.25) is 0 Å². The lowest BCUT2D eigenvalue weighted by atomic mass is 10.2. The molecule has 0 aliphatic carbocycles. The van der Waals surface area contributed by atoms with Gasteiger partial charge < -0.3 is 9.84 Å². The molecule has 0 heterocycles. The number of carboxylic acids is 1. The molecule has 94 valence electrons. The van der Waals surface area contributed by atoms with E-state index in [1.165, 1.54) is 7.11 Å². The average molecular weight is 258 g/mol. The number of hydrogen-bond donors (Lipinski definition) is 1. The van der Waals surface area contributed by atoms with Crippen molar-refractivity contribution < 1.29 is 23.1 Å². The first-order valence-corrected chi connectivity index (χ1v) is 6.65. The Kier molecular flexibility index (Phi) is 4.11. The van der Waals surface area contributed by atoms with E-state index in [4.69, 9.17) is 9.84 Å². The lowest BCUT2D eigenvalue weighted by molar-refractivity contribution is -0.136. The van der Waals surface area contributed by atoms with Gasteiger partial charge in [-0.15, -0.1) is 0 Å². The Morgan fingerprint density at radius 2 is 2.12 bits per heavy atom. The number of rotatable bonds is 5. The summed E-state index contributed by atoms with van der Waals surface area (Å²) in [6.45, 7) is 1.16. The number of benzene rings is 1. The monoisotopic (exact) mass is 258 g/mol. The molecule has 1 aromatic carbocycles. The molecule has 1 aromatic rings. The fraction of sp³-hybridized carbons (Fsp3) is 0.364. The number of sulfone groups is 1. The molecule has 1 N–H and O–H groups in total. The van der Waals surface area contributed by atoms with Gasteiger partial charge in [0.05, 0.1) is 12.9 Å². The molecule has 0 fully saturated rings. The fourth-order valence-corrected chi connectivity index (χ4v) is 2.47. The molecule has 0 saturated carbocycles. The highest BCUT2D eigenvalue weighted by Gasteiger charge is 2.27. The molecular formula is C11H14O5S. The van der Waals surface area contributed by atoms with Crippen LogP contribution in [0.5, 0.6) is 5.75 Å². The zero-order chi connectivity index (χ0) is 13.1. The van der Waals surface area contributed by atoms with Crippen LogP contribution >= 0.6 is 0 Å². The van der Waals surface area contributed by atoms with E-state index in [-0.39, 0.29) is 5.75 Å². The maximum Gasteiger partial charge on any atom is 0.321 e. The Labute approximate surface area is 100.0 Å². The topological polar surface area (TPSA) is 80.7 Å². The van der Waals surface area contributed by atoms with Crippen molar-refractivity contribution in [2.24, 2.45) is 0 Å². The van der Waals surface area contributed by atoms with Crippen molar-refractivity contribution in [1.29, 1.82) is 0 Å². The summed E-state index contributed by atoms with van der Waals surface area (Å²) in [5.74, 6) is -1.11. The predicted octanol–water partition coefficient (Wildman–Crippen LogP) is 1.08. The summed E-state index contributed by atoms with van der Waals surface area (Å²) >= 11 is 0. The molecule has 0 spiro atoms. The molecular weight excluding hydrogens is 244 g/mol. The van der Waals surface area contributed by atoms with Gasteiger partial charge in [0.15, 0.2) is 15.1 Å². The van der Waals surface area contributed by atoms with Crippen LogP contribution < -0.4 is 4.74 Å². The molecule has 0 saturated heterocycles. The van der Waals surface area contributed by atoms with Crippen LogP contribution in [0.15, 0.2) is 24.3 Å². The first-order valence-electron chi connectivity index (χ1n) is 4.94. The smallest absolute Gasteiger partial charge is 0.321 e. The van der Waals surface area contributed by atoms with Gasteiger partial charge in [0.2, 0.25) is 0 Å². The van der Waals surface area contributed by atoms with Crippen LogP contribution in [0, 0.1) is 0 Å².